The lowest BCUT2D eigenvalue weighted by atomic mass is 9.85. The number of nitrogens with two attached hydrogens (primary N) is 1. The second kappa shape index (κ2) is 4.01. The molecule has 0 amide bonds. The van der Waals surface area contributed by atoms with Crippen LogP contribution in [0.25, 0.3) is 0 Å². The zero-order valence-electron chi connectivity index (χ0n) is 9.17. The molecule has 0 aromatic heterocycles. The van der Waals surface area contributed by atoms with E-state index in [1.165, 1.54) is 5.56 Å². The van der Waals surface area contributed by atoms with Crippen molar-refractivity contribution < 1.29 is 5.11 Å². The summed E-state index contributed by atoms with van der Waals surface area (Å²) in [6.45, 7) is 6.60. The first kappa shape index (κ1) is 11.1. The number of hydrogen-bond donors (Lipinski definition) is 2. The molecule has 1 aromatic rings. The minimum atomic E-state index is 0.0851. The fourth-order valence-corrected chi connectivity index (χ4v) is 1.58. The van der Waals surface area contributed by atoms with Gasteiger partial charge in [-0.15, -0.1) is 0 Å². The number of nitrogen functional groups attached to an aromatic ring is 1. The Bertz CT molecular complexity index is 313. The van der Waals surface area contributed by atoms with Crippen LogP contribution in [-0.4, -0.2) is 11.7 Å². The van der Waals surface area contributed by atoms with E-state index in [0.717, 1.165) is 11.3 Å². The Morgan fingerprint density at radius 3 is 2.36 bits per heavy atom. The molecule has 0 unspecified atom stereocenters. The molecule has 2 nitrogen and oxygen atoms in total. The quantitative estimate of drug-likeness (QED) is 0.706. The standard InChI is InChI=1S/C12H19NO/c1-12(2,3)10-5-4-9(6-7-14)8-11(10)13/h4-5,8,14H,6-7,13H2,1-3H3. The lowest BCUT2D eigenvalue weighted by Crippen LogP contribution is -2.14. The van der Waals surface area contributed by atoms with Gasteiger partial charge < -0.3 is 10.8 Å². The van der Waals surface area contributed by atoms with E-state index in [1.54, 1.807) is 0 Å². The molecule has 0 aliphatic rings. The molecule has 78 valence electrons. The van der Waals surface area contributed by atoms with Crippen LogP contribution in [0.4, 0.5) is 5.69 Å². The van der Waals surface area contributed by atoms with Crippen LogP contribution in [0.5, 0.6) is 0 Å². The summed E-state index contributed by atoms with van der Waals surface area (Å²) in [5.74, 6) is 0. The van der Waals surface area contributed by atoms with E-state index in [4.69, 9.17) is 10.8 Å². The number of aliphatic hydroxyl groups excluding tert-OH is 1. The molecular weight excluding hydrogens is 174 g/mol. The van der Waals surface area contributed by atoms with Gasteiger partial charge in [0, 0.05) is 12.3 Å². The highest BCUT2D eigenvalue weighted by Gasteiger charge is 2.16. The van der Waals surface area contributed by atoms with E-state index in [0.29, 0.717) is 6.42 Å². The average Bonchev–Trinajstić information content (AvgIpc) is 2.02. The molecule has 1 rings (SSSR count). The van der Waals surface area contributed by atoms with Gasteiger partial charge >= 0.3 is 0 Å². The Labute approximate surface area is 85.8 Å². The van der Waals surface area contributed by atoms with Crippen molar-refractivity contribution in [1.82, 2.24) is 0 Å². The molecule has 2 heteroatoms. The predicted octanol–water partition coefficient (Wildman–Crippen LogP) is 2.10. The van der Waals surface area contributed by atoms with Crippen molar-refractivity contribution in [1.29, 1.82) is 0 Å². The van der Waals surface area contributed by atoms with Gasteiger partial charge in [-0.3, -0.25) is 0 Å². The second-order valence-corrected chi connectivity index (χ2v) is 4.65. The van der Waals surface area contributed by atoms with Crippen LogP contribution in [0, 0.1) is 0 Å². The van der Waals surface area contributed by atoms with Crippen molar-refractivity contribution >= 4 is 5.69 Å². The van der Waals surface area contributed by atoms with Gasteiger partial charge in [0.05, 0.1) is 0 Å². The second-order valence-electron chi connectivity index (χ2n) is 4.65. The maximum Gasteiger partial charge on any atom is 0.0471 e. The third-order valence-electron chi connectivity index (χ3n) is 2.32. The molecule has 0 aliphatic carbocycles. The molecule has 0 fully saturated rings. The van der Waals surface area contributed by atoms with Crippen LogP contribution in [0.3, 0.4) is 0 Å². The summed E-state index contributed by atoms with van der Waals surface area (Å²) in [5, 5.41) is 8.80. The van der Waals surface area contributed by atoms with Crippen LogP contribution in [-0.2, 0) is 11.8 Å². The number of aliphatic hydroxyl groups is 1. The van der Waals surface area contributed by atoms with Gasteiger partial charge in [0.1, 0.15) is 0 Å². The van der Waals surface area contributed by atoms with Gasteiger partial charge in [-0.25, -0.2) is 0 Å². The van der Waals surface area contributed by atoms with E-state index in [9.17, 15) is 0 Å². The Morgan fingerprint density at radius 2 is 1.93 bits per heavy atom. The molecule has 3 N–H and O–H groups in total. The lowest BCUT2D eigenvalue weighted by Gasteiger charge is -2.21. The Balaban J connectivity index is 3.02. The largest absolute Gasteiger partial charge is 0.398 e. The first-order valence-corrected chi connectivity index (χ1v) is 4.95. The summed E-state index contributed by atoms with van der Waals surface area (Å²) in [5.41, 5.74) is 9.13. The predicted molar refractivity (Wildman–Crippen MR) is 60.3 cm³/mol. The van der Waals surface area contributed by atoms with Gasteiger partial charge in [0.15, 0.2) is 0 Å². The maximum atomic E-state index is 8.80. The number of benzene rings is 1. The van der Waals surface area contributed by atoms with Crippen molar-refractivity contribution in [2.75, 3.05) is 12.3 Å². The van der Waals surface area contributed by atoms with E-state index in [2.05, 4.69) is 26.8 Å². The van der Waals surface area contributed by atoms with E-state index in [-0.39, 0.29) is 12.0 Å². The highest BCUT2D eigenvalue weighted by atomic mass is 16.2. The SMILES string of the molecule is CC(C)(C)c1ccc(CCO)cc1N. The summed E-state index contributed by atoms with van der Waals surface area (Å²) >= 11 is 0. The van der Waals surface area contributed by atoms with E-state index >= 15 is 0 Å². The van der Waals surface area contributed by atoms with Gasteiger partial charge in [0.2, 0.25) is 0 Å². The summed E-state index contributed by atoms with van der Waals surface area (Å²) < 4.78 is 0. The van der Waals surface area contributed by atoms with Crippen LogP contribution >= 0.6 is 0 Å². The summed E-state index contributed by atoms with van der Waals surface area (Å²) in [4.78, 5) is 0. The molecular formula is C12H19NO. The van der Waals surface area contributed by atoms with Gasteiger partial charge in [0.25, 0.3) is 0 Å². The summed E-state index contributed by atoms with van der Waals surface area (Å²) in [6, 6.07) is 6.05. The molecule has 1 aromatic carbocycles. The summed E-state index contributed by atoms with van der Waals surface area (Å²) in [6.07, 6.45) is 0.675. The Hall–Kier alpha value is -1.02. The zero-order chi connectivity index (χ0) is 10.8. The van der Waals surface area contributed by atoms with Crippen LogP contribution < -0.4 is 5.73 Å². The van der Waals surface area contributed by atoms with E-state index < -0.39 is 0 Å². The molecule has 0 radical (unpaired) electrons. The molecule has 0 atom stereocenters. The van der Waals surface area contributed by atoms with Crippen molar-refractivity contribution in [3.05, 3.63) is 29.3 Å². The molecule has 0 saturated heterocycles. The van der Waals surface area contributed by atoms with Crippen molar-refractivity contribution in [2.45, 2.75) is 32.6 Å². The normalized spacial score (nSPS) is 11.7. The molecule has 0 bridgehead atoms. The number of hydrogen-bond acceptors (Lipinski definition) is 2. The molecule has 0 heterocycles. The van der Waals surface area contributed by atoms with Gasteiger partial charge in [-0.1, -0.05) is 32.9 Å². The lowest BCUT2D eigenvalue weighted by molar-refractivity contribution is 0.299. The van der Waals surface area contributed by atoms with Crippen molar-refractivity contribution in [3.63, 3.8) is 0 Å². The minimum Gasteiger partial charge on any atom is -0.398 e. The molecule has 0 spiro atoms. The molecule has 0 aliphatic heterocycles. The zero-order valence-corrected chi connectivity index (χ0v) is 9.17. The fourth-order valence-electron chi connectivity index (χ4n) is 1.58. The maximum absolute atomic E-state index is 8.80. The average molecular weight is 193 g/mol. The molecule has 0 saturated carbocycles. The third kappa shape index (κ3) is 2.48. The van der Waals surface area contributed by atoms with E-state index in [1.807, 2.05) is 12.1 Å². The van der Waals surface area contributed by atoms with Crippen LogP contribution in [0.1, 0.15) is 31.9 Å². The first-order valence-electron chi connectivity index (χ1n) is 4.95. The van der Waals surface area contributed by atoms with Gasteiger partial charge in [-0.05, 0) is 29.0 Å². The first-order chi connectivity index (χ1) is 6.45. The third-order valence-corrected chi connectivity index (χ3v) is 2.32. The number of anilines is 1. The van der Waals surface area contributed by atoms with Crippen LogP contribution in [0.2, 0.25) is 0 Å². The smallest absolute Gasteiger partial charge is 0.0471 e. The molecule has 14 heavy (non-hydrogen) atoms. The summed E-state index contributed by atoms with van der Waals surface area (Å²) in [7, 11) is 0. The Kier molecular flexibility index (Phi) is 3.17. The van der Waals surface area contributed by atoms with Crippen molar-refractivity contribution in [2.24, 2.45) is 0 Å². The fraction of sp³-hybridized carbons (Fsp3) is 0.500. The topological polar surface area (TPSA) is 46.2 Å². The Morgan fingerprint density at radius 1 is 1.29 bits per heavy atom. The van der Waals surface area contributed by atoms with Crippen LogP contribution in [0.15, 0.2) is 18.2 Å². The van der Waals surface area contributed by atoms with Gasteiger partial charge in [-0.2, -0.15) is 0 Å². The van der Waals surface area contributed by atoms with Crippen molar-refractivity contribution in [3.8, 4) is 0 Å². The highest BCUT2D eigenvalue weighted by molar-refractivity contribution is 5.52. The number of rotatable bonds is 2. The minimum absolute atomic E-state index is 0.0851. The highest BCUT2D eigenvalue weighted by Crippen LogP contribution is 2.28. The monoisotopic (exact) mass is 193 g/mol.